The zero-order valence-electron chi connectivity index (χ0n) is 13.6. The van der Waals surface area contributed by atoms with Gasteiger partial charge in [-0.3, -0.25) is 4.79 Å². The number of esters is 1. The van der Waals surface area contributed by atoms with E-state index in [1.165, 1.54) is 4.88 Å². The van der Waals surface area contributed by atoms with Crippen molar-refractivity contribution in [3.8, 4) is 5.75 Å². The monoisotopic (exact) mass is 364 g/mol. The lowest BCUT2D eigenvalue weighted by atomic mass is 9.86. The predicted octanol–water partition coefficient (Wildman–Crippen LogP) is 4.20. The molecular formula is C18H21ClN2O2S. The summed E-state index contributed by atoms with van der Waals surface area (Å²) in [5.74, 6) is 0.498. The Morgan fingerprint density at radius 1 is 1.38 bits per heavy atom. The van der Waals surface area contributed by atoms with Crippen LogP contribution in [0.25, 0.3) is 0 Å². The van der Waals surface area contributed by atoms with Crippen LogP contribution in [0.3, 0.4) is 0 Å². The first-order valence-electron chi connectivity index (χ1n) is 8.07. The van der Waals surface area contributed by atoms with E-state index in [4.69, 9.17) is 22.1 Å². The van der Waals surface area contributed by atoms with Crippen LogP contribution in [-0.4, -0.2) is 13.0 Å². The first-order chi connectivity index (χ1) is 11.6. The number of ether oxygens (including phenoxy) is 1. The average molecular weight is 365 g/mol. The molecule has 24 heavy (non-hydrogen) atoms. The molecule has 2 N–H and O–H groups in total. The number of benzene rings is 1. The fraction of sp³-hybridized carbons (Fsp3) is 0.389. The fourth-order valence-corrected chi connectivity index (χ4v) is 3.80. The standard InChI is InChI=1S/C18H21ClN2O2S/c1-21(11-15-6-8-17(19)24-15)14-5-7-16(13(9-14)10-20)23-18(22)12-3-2-4-12/h5-9,12H,2-4,10-11,20H2,1H3. The van der Waals surface area contributed by atoms with Gasteiger partial charge >= 0.3 is 5.97 Å². The third-order valence-electron chi connectivity index (χ3n) is 4.38. The van der Waals surface area contributed by atoms with Crippen LogP contribution in [0.1, 0.15) is 29.7 Å². The van der Waals surface area contributed by atoms with Gasteiger partial charge in [0.25, 0.3) is 0 Å². The van der Waals surface area contributed by atoms with Crippen molar-refractivity contribution >= 4 is 34.6 Å². The van der Waals surface area contributed by atoms with Crippen molar-refractivity contribution in [1.29, 1.82) is 0 Å². The number of carbonyl (C=O) groups is 1. The SMILES string of the molecule is CN(Cc1ccc(Cl)s1)c1ccc(OC(=O)C2CCC2)c(CN)c1. The minimum absolute atomic E-state index is 0.0570. The number of nitrogens with two attached hydrogens (primary N) is 1. The molecule has 1 aromatic heterocycles. The maximum atomic E-state index is 12.0. The summed E-state index contributed by atoms with van der Waals surface area (Å²) in [6.07, 6.45) is 2.97. The molecule has 128 valence electrons. The van der Waals surface area contributed by atoms with Crippen LogP contribution >= 0.6 is 22.9 Å². The van der Waals surface area contributed by atoms with E-state index in [0.717, 1.165) is 41.4 Å². The number of thiophene rings is 1. The van der Waals surface area contributed by atoms with Crippen molar-refractivity contribution in [2.75, 3.05) is 11.9 Å². The highest BCUT2D eigenvalue weighted by Crippen LogP contribution is 2.31. The summed E-state index contributed by atoms with van der Waals surface area (Å²) in [6.45, 7) is 1.10. The molecule has 0 spiro atoms. The van der Waals surface area contributed by atoms with Gasteiger partial charge in [-0.1, -0.05) is 18.0 Å². The Labute approximate surface area is 151 Å². The third-order valence-corrected chi connectivity index (χ3v) is 5.59. The van der Waals surface area contributed by atoms with E-state index in [0.29, 0.717) is 12.3 Å². The first kappa shape index (κ1) is 17.3. The molecule has 0 saturated heterocycles. The fourth-order valence-electron chi connectivity index (χ4n) is 2.66. The molecule has 1 aromatic carbocycles. The number of anilines is 1. The van der Waals surface area contributed by atoms with Crippen LogP contribution in [0, 0.1) is 5.92 Å². The van der Waals surface area contributed by atoms with Gasteiger partial charge in [-0.15, -0.1) is 11.3 Å². The summed E-state index contributed by atoms with van der Waals surface area (Å²) >= 11 is 7.56. The summed E-state index contributed by atoms with van der Waals surface area (Å²) in [4.78, 5) is 15.4. The van der Waals surface area contributed by atoms with E-state index >= 15 is 0 Å². The molecule has 0 bridgehead atoms. The highest BCUT2D eigenvalue weighted by molar-refractivity contribution is 7.16. The number of nitrogens with zero attached hydrogens (tertiary/aromatic N) is 1. The van der Waals surface area contributed by atoms with Gasteiger partial charge in [-0.05, 0) is 43.2 Å². The second-order valence-corrected chi connectivity index (χ2v) is 7.91. The molecule has 0 amide bonds. The van der Waals surface area contributed by atoms with E-state index < -0.39 is 0 Å². The van der Waals surface area contributed by atoms with Crippen LogP contribution in [0.2, 0.25) is 4.34 Å². The molecule has 0 atom stereocenters. The van der Waals surface area contributed by atoms with E-state index in [9.17, 15) is 4.79 Å². The molecule has 0 aliphatic heterocycles. The zero-order valence-corrected chi connectivity index (χ0v) is 15.2. The molecule has 0 unspecified atom stereocenters. The largest absolute Gasteiger partial charge is 0.426 e. The molecule has 4 nitrogen and oxygen atoms in total. The number of hydrogen-bond donors (Lipinski definition) is 1. The Hall–Kier alpha value is -1.56. The van der Waals surface area contributed by atoms with Crippen LogP contribution in [0.5, 0.6) is 5.75 Å². The summed E-state index contributed by atoms with van der Waals surface area (Å²) in [5, 5.41) is 0. The number of carbonyl (C=O) groups excluding carboxylic acids is 1. The Morgan fingerprint density at radius 3 is 2.75 bits per heavy atom. The van der Waals surface area contributed by atoms with Crippen molar-refractivity contribution < 1.29 is 9.53 Å². The Balaban J connectivity index is 1.71. The number of hydrogen-bond acceptors (Lipinski definition) is 5. The van der Waals surface area contributed by atoms with E-state index in [1.54, 1.807) is 11.3 Å². The summed E-state index contributed by atoms with van der Waals surface area (Å²) < 4.78 is 6.33. The molecule has 1 fully saturated rings. The first-order valence-corrected chi connectivity index (χ1v) is 9.26. The predicted molar refractivity (Wildman–Crippen MR) is 98.7 cm³/mol. The molecule has 1 saturated carbocycles. The Bertz CT molecular complexity index is 728. The number of halogens is 1. The van der Waals surface area contributed by atoms with E-state index in [2.05, 4.69) is 4.90 Å². The normalized spacial score (nSPS) is 14.3. The minimum atomic E-state index is -0.134. The molecule has 3 rings (SSSR count). The van der Waals surface area contributed by atoms with Crippen LogP contribution in [0.4, 0.5) is 5.69 Å². The van der Waals surface area contributed by atoms with Gasteiger partial charge < -0.3 is 15.4 Å². The van der Waals surface area contributed by atoms with Crippen molar-refractivity contribution in [1.82, 2.24) is 0 Å². The number of rotatable bonds is 6. The lowest BCUT2D eigenvalue weighted by molar-refractivity contribution is -0.141. The molecule has 2 aromatic rings. The maximum Gasteiger partial charge on any atom is 0.314 e. The molecule has 1 heterocycles. The lowest BCUT2D eigenvalue weighted by Crippen LogP contribution is -2.26. The van der Waals surface area contributed by atoms with Crippen molar-refractivity contribution in [3.05, 3.63) is 45.1 Å². The van der Waals surface area contributed by atoms with Gasteiger partial charge in [0.2, 0.25) is 0 Å². The van der Waals surface area contributed by atoms with Crippen molar-refractivity contribution in [2.45, 2.75) is 32.4 Å². The third kappa shape index (κ3) is 3.91. The summed E-state index contributed by atoms with van der Waals surface area (Å²) in [6, 6.07) is 9.72. The average Bonchev–Trinajstić information content (AvgIpc) is 2.90. The minimum Gasteiger partial charge on any atom is -0.426 e. The second kappa shape index (κ2) is 7.55. The topological polar surface area (TPSA) is 55.6 Å². The second-order valence-electron chi connectivity index (χ2n) is 6.11. The Morgan fingerprint density at radius 2 is 2.17 bits per heavy atom. The lowest BCUT2D eigenvalue weighted by Gasteiger charge is -2.24. The van der Waals surface area contributed by atoms with Crippen LogP contribution in [-0.2, 0) is 17.9 Å². The zero-order chi connectivity index (χ0) is 17.1. The molecular weight excluding hydrogens is 344 g/mol. The van der Waals surface area contributed by atoms with Gasteiger partial charge in [0.15, 0.2) is 0 Å². The van der Waals surface area contributed by atoms with Crippen molar-refractivity contribution in [2.24, 2.45) is 11.7 Å². The van der Waals surface area contributed by atoms with Gasteiger partial charge in [-0.2, -0.15) is 0 Å². The van der Waals surface area contributed by atoms with E-state index in [1.807, 2.05) is 37.4 Å². The quantitative estimate of drug-likeness (QED) is 0.616. The molecule has 0 radical (unpaired) electrons. The smallest absolute Gasteiger partial charge is 0.314 e. The maximum absolute atomic E-state index is 12.0. The highest BCUT2D eigenvalue weighted by Gasteiger charge is 2.27. The van der Waals surface area contributed by atoms with Gasteiger partial charge in [0.05, 0.1) is 16.8 Å². The van der Waals surface area contributed by atoms with Gasteiger partial charge in [0.1, 0.15) is 5.75 Å². The molecule has 1 aliphatic carbocycles. The van der Waals surface area contributed by atoms with Crippen LogP contribution < -0.4 is 15.4 Å². The summed E-state index contributed by atoms with van der Waals surface area (Å²) in [7, 11) is 2.02. The summed E-state index contributed by atoms with van der Waals surface area (Å²) in [5.41, 5.74) is 7.72. The highest BCUT2D eigenvalue weighted by atomic mass is 35.5. The van der Waals surface area contributed by atoms with Crippen LogP contribution in [0.15, 0.2) is 30.3 Å². The molecule has 1 aliphatic rings. The van der Waals surface area contributed by atoms with Gasteiger partial charge in [0, 0.05) is 29.7 Å². The Kier molecular flexibility index (Phi) is 5.43. The molecule has 6 heteroatoms. The van der Waals surface area contributed by atoms with Crippen molar-refractivity contribution in [3.63, 3.8) is 0 Å². The van der Waals surface area contributed by atoms with Gasteiger partial charge in [-0.25, -0.2) is 0 Å². The van der Waals surface area contributed by atoms with E-state index in [-0.39, 0.29) is 11.9 Å².